The highest BCUT2D eigenvalue weighted by Crippen LogP contribution is 2.37. The van der Waals surface area contributed by atoms with Crippen molar-refractivity contribution in [2.75, 3.05) is 13.2 Å². The minimum absolute atomic E-state index is 0.625. The molecule has 2 aromatic rings. The molecule has 0 fully saturated rings. The average molecular weight is 225 g/mol. The fourth-order valence-electron chi connectivity index (χ4n) is 2.42. The van der Waals surface area contributed by atoms with E-state index in [9.17, 15) is 0 Å². The first-order valence-electron chi connectivity index (χ1n) is 5.68. The zero-order valence-electron chi connectivity index (χ0n) is 9.22. The minimum Gasteiger partial charge on any atom is -0.447 e. The van der Waals surface area contributed by atoms with E-state index in [2.05, 4.69) is 29.0 Å². The van der Waals surface area contributed by atoms with E-state index < -0.39 is 0 Å². The van der Waals surface area contributed by atoms with Gasteiger partial charge in [0.2, 0.25) is 5.88 Å². The van der Waals surface area contributed by atoms with Gasteiger partial charge in [0.1, 0.15) is 6.26 Å². The van der Waals surface area contributed by atoms with Crippen LogP contribution in [0.3, 0.4) is 0 Å². The van der Waals surface area contributed by atoms with Gasteiger partial charge in [-0.1, -0.05) is 18.2 Å². The molecule has 0 bridgehead atoms. The van der Waals surface area contributed by atoms with Gasteiger partial charge in [0.15, 0.2) is 0 Å². The molecule has 1 aromatic carbocycles. The molecule has 4 rings (SSSR count). The van der Waals surface area contributed by atoms with Gasteiger partial charge < -0.3 is 9.47 Å². The lowest BCUT2D eigenvalue weighted by molar-refractivity contribution is 0.179. The number of benzene rings is 1. The smallest absolute Gasteiger partial charge is 0.211 e. The van der Waals surface area contributed by atoms with Crippen LogP contribution in [0.2, 0.25) is 0 Å². The van der Waals surface area contributed by atoms with Crippen molar-refractivity contribution in [3.63, 3.8) is 0 Å². The molecule has 0 spiro atoms. The van der Waals surface area contributed by atoms with Crippen LogP contribution in [-0.2, 0) is 4.74 Å². The molecule has 0 N–H and O–H groups in total. The lowest BCUT2D eigenvalue weighted by Crippen LogP contribution is -2.16. The van der Waals surface area contributed by atoms with E-state index in [0.717, 1.165) is 16.8 Å². The average Bonchev–Trinajstić information content (AvgIpc) is 2.78. The standard InChI is InChI=1S/C14H11NO2/c1-2-4-12-10(3-1)7-15-13-5-6-16-8-11(13)9-17-14(12)15/h1-5,7,9H,6,8H2. The maximum Gasteiger partial charge on any atom is 0.211 e. The largest absolute Gasteiger partial charge is 0.447 e. The predicted octanol–water partition coefficient (Wildman–Crippen LogP) is 2.79. The first-order chi connectivity index (χ1) is 8.43. The van der Waals surface area contributed by atoms with E-state index in [1.54, 1.807) is 6.26 Å². The highest BCUT2D eigenvalue weighted by Gasteiger charge is 2.22. The Balaban J connectivity index is 2.02. The van der Waals surface area contributed by atoms with Crippen molar-refractivity contribution in [3.8, 4) is 5.88 Å². The van der Waals surface area contributed by atoms with Gasteiger partial charge in [-0.25, -0.2) is 0 Å². The van der Waals surface area contributed by atoms with Crippen LogP contribution in [0.25, 0.3) is 16.5 Å². The minimum atomic E-state index is 0.625. The van der Waals surface area contributed by atoms with Crippen molar-refractivity contribution in [1.29, 1.82) is 0 Å². The highest BCUT2D eigenvalue weighted by molar-refractivity contribution is 5.91. The number of hydrogen-bond donors (Lipinski definition) is 0. The van der Waals surface area contributed by atoms with Gasteiger partial charge in [-0.15, -0.1) is 0 Å². The molecule has 17 heavy (non-hydrogen) atoms. The number of aromatic nitrogens is 1. The lowest BCUT2D eigenvalue weighted by atomic mass is 10.1. The van der Waals surface area contributed by atoms with Crippen LogP contribution in [0.4, 0.5) is 0 Å². The first-order valence-corrected chi connectivity index (χ1v) is 5.68. The molecule has 3 nitrogen and oxygen atoms in total. The molecular formula is C14H11NO2. The van der Waals surface area contributed by atoms with Gasteiger partial charge in [0, 0.05) is 22.5 Å². The maximum atomic E-state index is 5.73. The van der Waals surface area contributed by atoms with Crippen LogP contribution in [0.5, 0.6) is 5.88 Å². The summed E-state index contributed by atoms with van der Waals surface area (Å²) in [6, 6.07) is 8.26. The summed E-state index contributed by atoms with van der Waals surface area (Å²) in [4.78, 5) is 0. The van der Waals surface area contributed by atoms with Crippen molar-refractivity contribution >= 4 is 16.5 Å². The zero-order chi connectivity index (χ0) is 11.2. The molecule has 0 unspecified atom stereocenters. The van der Waals surface area contributed by atoms with Crippen molar-refractivity contribution in [2.24, 2.45) is 0 Å². The van der Waals surface area contributed by atoms with Crippen LogP contribution in [0, 0.1) is 0 Å². The number of nitrogens with zero attached hydrogens (tertiary/aromatic N) is 1. The third-order valence-corrected chi connectivity index (χ3v) is 3.23. The SMILES string of the molecule is C1=C2COCC=C2n2cc3ccccc3c2O1. The van der Waals surface area contributed by atoms with Crippen molar-refractivity contribution in [1.82, 2.24) is 4.57 Å². The van der Waals surface area contributed by atoms with Crippen LogP contribution >= 0.6 is 0 Å². The molecule has 3 heterocycles. The summed E-state index contributed by atoms with van der Waals surface area (Å²) < 4.78 is 13.2. The van der Waals surface area contributed by atoms with Gasteiger partial charge in [0.25, 0.3) is 0 Å². The zero-order valence-corrected chi connectivity index (χ0v) is 9.22. The van der Waals surface area contributed by atoms with Crippen LogP contribution in [0.15, 0.2) is 48.4 Å². The van der Waals surface area contributed by atoms with E-state index in [-0.39, 0.29) is 0 Å². The number of ether oxygens (including phenoxy) is 2. The molecule has 0 saturated heterocycles. The summed E-state index contributed by atoms with van der Waals surface area (Å²) in [5.41, 5.74) is 2.29. The summed E-state index contributed by atoms with van der Waals surface area (Å²) in [5, 5.41) is 2.35. The summed E-state index contributed by atoms with van der Waals surface area (Å²) in [5.74, 6) is 0.900. The predicted molar refractivity (Wildman–Crippen MR) is 65.7 cm³/mol. The molecule has 0 saturated carbocycles. The molecule has 1 aromatic heterocycles. The molecule has 2 aliphatic rings. The lowest BCUT2D eigenvalue weighted by Gasteiger charge is -2.23. The fraction of sp³-hybridized carbons (Fsp3) is 0.143. The Morgan fingerprint density at radius 3 is 3.12 bits per heavy atom. The van der Waals surface area contributed by atoms with E-state index in [4.69, 9.17) is 9.47 Å². The number of rotatable bonds is 0. The molecule has 3 heteroatoms. The van der Waals surface area contributed by atoms with Gasteiger partial charge in [-0.3, -0.25) is 4.57 Å². The van der Waals surface area contributed by atoms with E-state index in [0.29, 0.717) is 13.2 Å². The van der Waals surface area contributed by atoms with Crippen LogP contribution in [-0.4, -0.2) is 17.8 Å². The molecule has 0 radical (unpaired) electrons. The maximum absolute atomic E-state index is 5.73. The normalized spacial score (nSPS) is 17.9. The Morgan fingerprint density at radius 1 is 1.18 bits per heavy atom. The van der Waals surface area contributed by atoms with E-state index >= 15 is 0 Å². The van der Waals surface area contributed by atoms with Crippen molar-refractivity contribution < 1.29 is 9.47 Å². The Bertz CT molecular complexity index is 664. The van der Waals surface area contributed by atoms with Gasteiger partial charge >= 0.3 is 0 Å². The Kier molecular flexibility index (Phi) is 1.73. The number of hydrogen-bond acceptors (Lipinski definition) is 2. The molecular weight excluding hydrogens is 214 g/mol. The van der Waals surface area contributed by atoms with Gasteiger partial charge in [-0.2, -0.15) is 0 Å². The topological polar surface area (TPSA) is 23.4 Å². The van der Waals surface area contributed by atoms with Crippen molar-refractivity contribution in [2.45, 2.75) is 0 Å². The number of fused-ring (bicyclic) bond motifs is 5. The fourth-order valence-corrected chi connectivity index (χ4v) is 2.42. The highest BCUT2D eigenvalue weighted by atomic mass is 16.5. The first kappa shape index (κ1) is 9.07. The van der Waals surface area contributed by atoms with Gasteiger partial charge in [-0.05, 0) is 12.1 Å². The monoisotopic (exact) mass is 225 g/mol. The third kappa shape index (κ3) is 1.20. The molecule has 0 amide bonds. The Labute approximate surface area is 98.6 Å². The Hall–Kier alpha value is -2.00. The van der Waals surface area contributed by atoms with E-state index in [1.807, 2.05) is 12.1 Å². The van der Waals surface area contributed by atoms with Crippen molar-refractivity contribution in [3.05, 3.63) is 48.4 Å². The van der Waals surface area contributed by atoms with Gasteiger partial charge in [0.05, 0.1) is 18.9 Å². The second kappa shape index (κ2) is 3.25. The van der Waals surface area contributed by atoms with Crippen LogP contribution < -0.4 is 4.74 Å². The summed E-state index contributed by atoms with van der Waals surface area (Å²) in [6.45, 7) is 1.29. The molecule has 2 aliphatic heterocycles. The summed E-state index contributed by atoms with van der Waals surface area (Å²) >= 11 is 0. The van der Waals surface area contributed by atoms with Crippen LogP contribution in [0.1, 0.15) is 0 Å². The quantitative estimate of drug-likeness (QED) is 0.688. The third-order valence-electron chi connectivity index (χ3n) is 3.23. The van der Waals surface area contributed by atoms with E-state index in [1.165, 1.54) is 11.1 Å². The second-order valence-electron chi connectivity index (χ2n) is 4.26. The molecule has 84 valence electrons. The molecule has 0 atom stereocenters. The molecule has 0 aliphatic carbocycles. The summed E-state index contributed by atoms with van der Waals surface area (Å²) in [7, 11) is 0. The summed E-state index contributed by atoms with van der Waals surface area (Å²) in [6.07, 6.45) is 6.02. The Morgan fingerprint density at radius 2 is 2.12 bits per heavy atom. The second-order valence-corrected chi connectivity index (χ2v) is 4.26.